The maximum absolute atomic E-state index is 12.3. The van der Waals surface area contributed by atoms with Crippen LogP contribution in [0.1, 0.15) is 58.1 Å². The van der Waals surface area contributed by atoms with Gasteiger partial charge in [0.2, 0.25) is 0 Å². The van der Waals surface area contributed by atoms with Crippen molar-refractivity contribution in [3.05, 3.63) is 42.4 Å². The van der Waals surface area contributed by atoms with Crippen LogP contribution in [0.25, 0.3) is 11.3 Å². The normalized spacial score (nSPS) is 19.7. The maximum atomic E-state index is 12.3. The first-order valence-corrected chi connectivity index (χ1v) is 10.1. The third kappa shape index (κ3) is 3.73. The SMILES string of the molecule is CC(C)(C)NC(=O)N1CCC(CC[C@@H]2c3ccccc3-c3cncn32)CC1. The minimum Gasteiger partial charge on any atom is -0.333 e. The van der Waals surface area contributed by atoms with Gasteiger partial charge in [-0.1, -0.05) is 24.3 Å². The second-order valence-electron chi connectivity index (χ2n) is 8.98. The molecule has 144 valence electrons. The Hall–Kier alpha value is -2.30. The van der Waals surface area contributed by atoms with Crippen LogP contribution in [0.4, 0.5) is 4.79 Å². The minimum atomic E-state index is -0.174. The summed E-state index contributed by atoms with van der Waals surface area (Å²) in [4.78, 5) is 18.7. The van der Waals surface area contributed by atoms with Gasteiger partial charge >= 0.3 is 6.03 Å². The third-order valence-corrected chi connectivity index (χ3v) is 5.83. The predicted octanol–water partition coefficient (Wildman–Crippen LogP) is 4.45. The molecule has 0 unspecified atom stereocenters. The summed E-state index contributed by atoms with van der Waals surface area (Å²) in [6.45, 7) is 7.82. The predicted molar refractivity (Wildman–Crippen MR) is 108 cm³/mol. The number of carbonyl (C=O) groups excluding carboxylic acids is 1. The minimum absolute atomic E-state index is 0.0775. The number of rotatable bonds is 3. The van der Waals surface area contributed by atoms with E-state index in [4.69, 9.17) is 0 Å². The van der Waals surface area contributed by atoms with Crippen LogP contribution in [0, 0.1) is 5.92 Å². The summed E-state index contributed by atoms with van der Waals surface area (Å²) in [6.07, 6.45) is 8.49. The standard InChI is InChI=1S/C22H30N4O/c1-22(2,3)24-21(27)25-12-10-16(11-13-25)8-9-19-17-6-4-5-7-18(17)20-14-23-15-26(19)20/h4-7,14-16,19H,8-13H2,1-3H3,(H,24,27)/t19-/m1/s1. The first-order chi connectivity index (χ1) is 12.9. The molecule has 27 heavy (non-hydrogen) atoms. The molecule has 3 heterocycles. The highest BCUT2D eigenvalue weighted by Gasteiger charge is 2.30. The van der Waals surface area contributed by atoms with Crippen molar-refractivity contribution >= 4 is 6.03 Å². The molecule has 0 saturated carbocycles. The third-order valence-electron chi connectivity index (χ3n) is 5.83. The molecule has 1 aromatic heterocycles. The Balaban J connectivity index is 1.33. The molecule has 2 aromatic rings. The molecule has 4 rings (SSSR count). The lowest BCUT2D eigenvalue weighted by Crippen LogP contribution is -2.50. The smallest absolute Gasteiger partial charge is 0.317 e. The van der Waals surface area contributed by atoms with Crippen molar-refractivity contribution in [1.82, 2.24) is 19.8 Å². The molecule has 2 aliphatic heterocycles. The van der Waals surface area contributed by atoms with E-state index in [0.717, 1.165) is 32.4 Å². The van der Waals surface area contributed by atoms with Gasteiger partial charge in [-0.2, -0.15) is 0 Å². The summed E-state index contributed by atoms with van der Waals surface area (Å²) in [7, 11) is 0. The van der Waals surface area contributed by atoms with Crippen LogP contribution < -0.4 is 5.32 Å². The van der Waals surface area contributed by atoms with Gasteiger partial charge in [-0.05, 0) is 57.9 Å². The van der Waals surface area contributed by atoms with Crippen molar-refractivity contribution in [2.75, 3.05) is 13.1 Å². The Labute approximate surface area is 161 Å². The van der Waals surface area contributed by atoms with E-state index < -0.39 is 0 Å². The van der Waals surface area contributed by atoms with Crippen LogP contribution in [0.15, 0.2) is 36.8 Å². The summed E-state index contributed by atoms with van der Waals surface area (Å²) in [5, 5.41) is 3.08. The number of benzene rings is 1. The van der Waals surface area contributed by atoms with E-state index in [1.54, 1.807) is 0 Å². The maximum Gasteiger partial charge on any atom is 0.317 e. The molecule has 2 aliphatic rings. The largest absolute Gasteiger partial charge is 0.333 e. The van der Waals surface area contributed by atoms with Crippen LogP contribution in [0.5, 0.6) is 0 Å². The summed E-state index contributed by atoms with van der Waals surface area (Å²) < 4.78 is 2.33. The molecule has 1 N–H and O–H groups in total. The molecule has 5 nitrogen and oxygen atoms in total. The molecule has 5 heteroatoms. The fraction of sp³-hybridized carbons (Fsp3) is 0.545. The highest BCUT2D eigenvalue weighted by atomic mass is 16.2. The number of nitrogens with zero attached hydrogens (tertiary/aromatic N) is 3. The Kier molecular flexibility index (Phi) is 4.70. The number of aromatic nitrogens is 2. The van der Waals surface area contributed by atoms with E-state index in [0.29, 0.717) is 12.0 Å². The first-order valence-electron chi connectivity index (χ1n) is 10.1. The van der Waals surface area contributed by atoms with Gasteiger partial charge in [0.25, 0.3) is 0 Å². The van der Waals surface area contributed by atoms with Gasteiger partial charge in [-0.15, -0.1) is 0 Å². The molecule has 1 fully saturated rings. The van der Waals surface area contributed by atoms with Crippen LogP contribution in [0.2, 0.25) is 0 Å². The van der Waals surface area contributed by atoms with E-state index >= 15 is 0 Å². The Bertz CT molecular complexity index is 812. The number of hydrogen-bond acceptors (Lipinski definition) is 2. The van der Waals surface area contributed by atoms with Gasteiger partial charge in [0.15, 0.2) is 0 Å². The molecular formula is C22H30N4O. The number of fused-ring (bicyclic) bond motifs is 3. The Morgan fingerprint density at radius 2 is 1.93 bits per heavy atom. The Morgan fingerprint density at radius 3 is 2.67 bits per heavy atom. The van der Waals surface area contributed by atoms with Gasteiger partial charge in [-0.3, -0.25) is 0 Å². The number of urea groups is 1. The van der Waals surface area contributed by atoms with Gasteiger partial charge in [0.05, 0.1) is 24.3 Å². The molecule has 1 aromatic carbocycles. The van der Waals surface area contributed by atoms with Crippen molar-refractivity contribution in [3.63, 3.8) is 0 Å². The van der Waals surface area contributed by atoms with E-state index in [-0.39, 0.29) is 11.6 Å². The van der Waals surface area contributed by atoms with E-state index in [1.165, 1.54) is 23.2 Å². The summed E-state index contributed by atoms with van der Waals surface area (Å²) in [5.41, 5.74) is 3.82. The molecule has 2 amide bonds. The zero-order valence-corrected chi connectivity index (χ0v) is 16.6. The Morgan fingerprint density at radius 1 is 1.19 bits per heavy atom. The van der Waals surface area contributed by atoms with Crippen LogP contribution >= 0.6 is 0 Å². The summed E-state index contributed by atoms with van der Waals surface area (Å²) >= 11 is 0. The van der Waals surface area contributed by atoms with Crippen molar-refractivity contribution in [2.45, 2.75) is 58.0 Å². The lowest BCUT2D eigenvalue weighted by molar-refractivity contribution is 0.159. The monoisotopic (exact) mass is 366 g/mol. The fourth-order valence-electron chi connectivity index (χ4n) is 4.45. The van der Waals surface area contributed by atoms with Gasteiger partial charge in [0.1, 0.15) is 0 Å². The second kappa shape index (κ2) is 7.02. The van der Waals surface area contributed by atoms with Crippen LogP contribution in [0.3, 0.4) is 0 Å². The molecule has 1 saturated heterocycles. The van der Waals surface area contributed by atoms with Crippen molar-refractivity contribution in [1.29, 1.82) is 0 Å². The first kappa shape index (κ1) is 18.1. The lowest BCUT2D eigenvalue weighted by Gasteiger charge is -2.34. The zero-order valence-electron chi connectivity index (χ0n) is 16.6. The molecule has 0 radical (unpaired) electrons. The topological polar surface area (TPSA) is 50.2 Å². The van der Waals surface area contributed by atoms with Gasteiger partial charge in [0, 0.05) is 24.2 Å². The van der Waals surface area contributed by atoms with E-state index in [9.17, 15) is 4.79 Å². The molecule has 0 aliphatic carbocycles. The summed E-state index contributed by atoms with van der Waals surface area (Å²) in [5.74, 6) is 0.698. The number of hydrogen-bond donors (Lipinski definition) is 1. The van der Waals surface area contributed by atoms with E-state index in [1.807, 2.05) is 38.2 Å². The number of piperidine rings is 1. The average Bonchev–Trinajstić information content (AvgIpc) is 3.20. The highest BCUT2D eigenvalue weighted by molar-refractivity contribution is 5.75. The van der Waals surface area contributed by atoms with E-state index in [2.05, 4.69) is 39.1 Å². The number of imidazole rings is 1. The van der Waals surface area contributed by atoms with Crippen LogP contribution in [-0.4, -0.2) is 39.1 Å². The van der Waals surface area contributed by atoms with Crippen LogP contribution in [-0.2, 0) is 0 Å². The van der Waals surface area contributed by atoms with Crippen molar-refractivity contribution in [2.24, 2.45) is 5.92 Å². The van der Waals surface area contributed by atoms with Gasteiger partial charge in [-0.25, -0.2) is 9.78 Å². The van der Waals surface area contributed by atoms with Gasteiger partial charge < -0.3 is 14.8 Å². The molecule has 0 bridgehead atoms. The average molecular weight is 367 g/mol. The number of nitrogens with one attached hydrogen (secondary N) is 1. The molecular weight excluding hydrogens is 336 g/mol. The number of carbonyl (C=O) groups is 1. The quantitative estimate of drug-likeness (QED) is 0.872. The highest BCUT2D eigenvalue weighted by Crippen LogP contribution is 2.42. The second-order valence-corrected chi connectivity index (χ2v) is 8.98. The van der Waals surface area contributed by atoms with Crippen molar-refractivity contribution < 1.29 is 4.79 Å². The number of amides is 2. The summed E-state index contributed by atoms with van der Waals surface area (Å²) in [6, 6.07) is 9.19. The van der Waals surface area contributed by atoms with Crippen molar-refractivity contribution in [3.8, 4) is 11.3 Å². The molecule has 1 atom stereocenters. The molecule has 0 spiro atoms. The zero-order chi connectivity index (χ0) is 19.0. The number of likely N-dealkylation sites (tertiary alicyclic amines) is 1. The fourth-order valence-corrected chi connectivity index (χ4v) is 4.45. The lowest BCUT2D eigenvalue weighted by atomic mass is 9.89.